The first-order valence-electron chi connectivity index (χ1n) is 4.77. The molecule has 0 atom stereocenters. The number of hydrogen-bond acceptors (Lipinski definition) is 5. The van der Waals surface area contributed by atoms with Gasteiger partial charge in [-0.05, 0) is 13.0 Å². The Morgan fingerprint density at radius 1 is 1.56 bits per heavy atom. The summed E-state index contributed by atoms with van der Waals surface area (Å²) in [7, 11) is 0. The summed E-state index contributed by atoms with van der Waals surface area (Å²) in [5.74, 6) is -1.02. The van der Waals surface area contributed by atoms with Crippen molar-refractivity contribution in [3.63, 3.8) is 0 Å². The van der Waals surface area contributed by atoms with Gasteiger partial charge in [0.05, 0.1) is 6.54 Å². The summed E-state index contributed by atoms with van der Waals surface area (Å²) in [6, 6.07) is 1.35. The zero-order valence-corrected chi connectivity index (χ0v) is 8.60. The van der Waals surface area contributed by atoms with Gasteiger partial charge in [-0.3, -0.25) is 4.79 Å². The number of carboxylic acids is 1. The summed E-state index contributed by atoms with van der Waals surface area (Å²) < 4.78 is 4.77. The summed E-state index contributed by atoms with van der Waals surface area (Å²) in [4.78, 5) is 20.9. The number of primary amides is 1. The van der Waals surface area contributed by atoms with Crippen molar-refractivity contribution in [1.82, 2.24) is 10.5 Å². The molecule has 0 spiro atoms. The van der Waals surface area contributed by atoms with Gasteiger partial charge in [-0.2, -0.15) is 0 Å². The van der Waals surface area contributed by atoms with Crippen molar-refractivity contribution in [2.75, 3.05) is 6.54 Å². The molecule has 7 heteroatoms. The maximum atomic E-state index is 10.5. The second-order valence-electron chi connectivity index (χ2n) is 3.23. The molecule has 1 rings (SSSR count). The van der Waals surface area contributed by atoms with Crippen molar-refractivity contribution in [2.45, 2.75) is 19.4 Å². The minimum absolute atomic E-state index is 0.117. The molecule has 1 aromatic heterocycles. The van der Waals surface area contributed by atoms with E-state index in [0.717, 1.165) is 0 Å². The number of carboxylic acid groups (broad SMARTS) is 1. The first-order valence-corrected chi connectivity index (χ1v) is 4.77. The van der Waals surface area contributed by atoms with Gasteiger partial charge in [-0.15, -0.1) is 0 Å². The molecular weight excluding hydrogens is 214 g/mol. The number of aromatic carboxylic acids is 1. The van der Waals surface area contributed by atoms with Crippen molar-refractivity contribution in [1.29, 1.82) is 0 Å². The lowest BCUT2D eigenvalue weighted by Gasteiger charge is -1.99. The molecule has 0 saturated carbocycles. The smallest absolute Gasteiger partial charge is 0.358 e. The molecule has 1 aromatic rings. The Hall–Kier alpha value is -1.89. The molecule has 0 fully saturated rings. The van der Waals surface area contributed by atoms with Gasteiger partial charge in [0.25, 0.3) is 0 Å². The standard InChI is InChI=1S/C9H13N3O4/c10-8(13)2-1-3-11-5-6-4-7(9(14)15)12-16-6/h4,11H,1-3,5H2,(H2,10,13)(H,14,15). The average Bonchev–Trinajstić information content (AvgIpc) is 2.65. The second kappa shape index (κ2) is 5.86. The lowest BCUT2D eigenvalue weighted by atomic mass is 10.3. The Morgan fingerprint density at radius 3 is 2.88 bits per heavy atom. The van der Waals surface area contributed by atoms with Crippen molar-refractivity contribution in [2.24, 2.45) is 5.73 Å². The molecule has 16 heavy (non-hydrogen) atoms. The predicted molar refractivity (Wildman–Crippen MR) is 53.6 cm³/mol. The number of nitrogens with two attached hydrogens (primary N) is 1. The molecule has 0 aliphatic rings. The Morgan fingerprint density at radius 2 is 2.31 bits per heavy atom. The lowest BCUT2D eigenvalue weighted by molar-refractivity contribution is -0.118. The van der Waals surface area contributed by atoms with E-state index in [9.17, 15) is 9.59 Å². The number of carbonyl (C=O) groups excluding carboxylic acids is 1. The second-order valence-corrected chi connectivity index (χ2v) is 3.23. The highest BCUT2D eigenvalue weighted by Crippen LogP contribution is 2.02. The number of rotatable bonds is 7. The molecule has 0 saturated heterocycles. The highest BCUT2D eigenvalue weighted by molar-refractivity contribution is 5.85. The molecule has 1 amide bonds. The Balaban J connectivity index is 2.21. The van der Waals surface area contributed by atoms with E-state index in [1.807, 2.05) is 0 Å². The van der Waals surface area contributed by atoms with Crippen LogP contribution in [0.15, 0.2) is 10.6 Å². The van der Waals surface area contributed by atoms with Crippen LogP contribution in [-0.2, 0) is 11.3 Å². The largest absolute Gasteiger partial charge is 0.476 e. The van der Waals surface area contributed by atoms with Crippen LogP contribution < -0.4 is 11.1 Å². The third-order valence-electron chi connectivity index (χ3n) is 1.85. The Labute approximate surface area is 91.6 Å². The van der Waals surface area contributed by atoms with Crippen LogP contribution in [0.5, 0.6) is 0 Å². The van der Waals surface area contributed by atoms with Crippen LogP contribution in [0.3, 0.4) is 0 Å². The molecule has 88 valence electrons. The molecule has 0 aromatic carbocycles. The van der Waals surface area contributed by atoms with Gasteiger partial charge < -0.3 is 20.7 Å². The van der Waals surface area contributed by atoms with Gasteiger partial charge in [0.15, 0.2) is 11.5 Å². The van der Waals surface area contributed by atoms with Crippen molar-refractivity contribution in [3.8, 4) is 0 Å². The maximum Gasteiger partial charge on any atom is 0.358 e. The Bertz CT molecular complexity index is 375. The van der Waals surface area contributed by atoms with Crippen LogP contribution in [0.1, 0.15) is 29.1 Å². The highest BCUT2D eigenvalue weighted by atomic mass is 16.5. The topological polar surface area (TPSA) is 118 Å². The first kappa shape index (κ1) is 12.2. The predicted octanol–water partition coefficient (Wildman–Crippen LogP) is -0.272. The van der Waals surface area contributed by atoms with Crippen molar-refractivity contribution >= 4 is 11.9 Å². The van der Waals surface area contributed by atoms with E-state index in [2.05, 4.69) is 10.5 Å². The van der Waals surface area contributed by atoms with E-state index < -0.39 is 5.97 Å². The van der Waals surface area contributed by atoms with E-state index in [0.29, 0.717) is 31.7 Å². The van der Waals surface area contributed by atoms with Crippen LogP contribution in [0.4, 0.5) is 0 Å². The highest BCUT2D eigenvalue weighted by Gasteiger charge is 2.09. The summed E-state index contributed by atoms with van der Waals surface area (Å²) in [6.45, 7) is 0.977. The summed E-state index contributed by atoms with van der Waals surface area (Å²) in [5.41, 5.74) is 4.85. The molecule has 0 radical (unpaired) electrons. The van der Waals surface area contributed by atoms with Crippen LogP contribution in [-0.4, -0.2) is 28.7 Å². The molecule has 4 N–H and O–H groups in total. The zero-order valence-electron chi connectivity index (χ0n) is 8.60. The molecule has 1 heterocycles. The fraction of sp³-hybridized carbons (Fsp3) is 0.444. The lowest BCUT2D eigenvalue weighted by Crippen LogP contribution is -2.17. The number of amides is 1. The van der Waals surface area contributed by atoms with Crippen molar-refractivity contribution in [3.05, 3.63) is 17.5 Å². The maximum absolute atomic E-state index is 10.5. The number of nitrogens with zero attached hydrogens (tertiary/aromatic N) is 1. The summed E-state index contributed by atoms with van der Waals surface area (Å²) >= 11 is 0. The molecular formula is C9H13N3O4. The summed E-state index contributed by atoms with van der Waals surface area (Å²) in [6.07, 6.45) is 0.957. The monoisotopic (exact) mass is 227 g/mol. The van der Waals surface area contributed by atoms with Crippen LogP contribution >= 0.6 is 0 Å². The van der Waals surface area contributed by atoms with Gasteiger partial charge >= 0.3 is 5.97 Å². The van der Waals surface area contributed by atoms with E-state index >= 15 is 0 Å². The van der Waals surface area contributed by atoms with Gasteiger partial charge in [0, 0.05) is 12.5 Å². The van der Waals surface area contributed by atoms with E-state index in [1.165, 1.54) is 6.07 Å². The normalized spacial score (nSPS) is 10.2. The summed E-state index contributed by atoms with van der Waals surface area (Å²) in [5, 5.41) is 14.9. The molecule has 7 nitrogen and oxygen atoms in total. The quantitative estimate of drug-likeness (QED) is 0.551. The van der Waals surface area contributed by atoms with Crippen LogP contribution in [0.25, 0.3) is 0 Å². The first-order chi connectivity index (χ1) is 7.59. The fourth-order valence-electron chi connectivity index (χ4n) is 1.10. The number of carbonyl (C=O) groups is 2. The number of aromatic nitrogens is 1. The minimum atomic E-state index is -1.12. The van der Waals surface area contributed by atoms with Crippen molar-refractivity contribution < 1.29 is 19.2 Å². The third kappa shape index (κ3) is 4.09. The van der Waals surface area contributed by atoms with Gasteiger partial charge in [-0.1, -0.05) is 5.16 Å². The molecule has 0 unspecified atom stereocenters. The number of hydrogen-bond donors (Lipinski definition) is 3. The van der Waals surface area contributed by atoms with Crippen LogP contribution in [0, 0.1) is 0 Å². The third-order valence-corrected chi connectivity index (χ3v) is 1.85. The Kier molecular flexibility index (Phi) is 4.46. The molecule has 0 bridgehead atoms. The van der Waals surface area contributed by atoms with Gasteiger partial charge in [-0.25, -0.2) is 4.79 Å². The zero-order chi connectivity index (χ0) is 12.0. The van der Waals surface area contributed by atoms with E-state index in [4.69, 9.17) is 15.4 Å². The van der Waals surface area contributed by atoms with E-state index in [1.54, 1.807) is 0 Å². The minimum Gasteiger partial charge on any atom is -0.476 e. The average molecular weight is 227 g/mol. The van der Waals surface area contributed by atoms with Gasteiger partial charge in [0.1, 0.15) is 0 Å². The number of nitrogens with one attached hydrogen (secondary N) is 1. The van der Waals surface area contributed by atoms with E-state index in [-0.39, 0.29) is 11.6 Å². The fourth-order valence-corrected chi connectivity index (χ4v) is 1.10. The SMILES string of the molecule is NC(=O)CCCNCc1cc(C(=O)O)no1. The van der Waals surface area contributed by atoms with Crippen LogP contribution in [0.2, 0.25) is 0 Å². The molecule has 0 aliphatic heterocycles. The van der Waals surface area contributed by atoms with Gasteiger partial charge in [0.2, 0.25) is 5.91 Å². The molecule has 0 aliphatic carbocycles.